The Labute approximate surface area is 117 Å². The number of morpholine rings is 2. The third-order valence-corrected chi connectivity index (χ3v) is 4.31. The highest BCUT2D eigenvalue weighted by Gasteiger charge is 2.13. The first-order chi connectivity index (χ1) is 9.40. The van der Waals surface area contributed by atoms with E-state index in [-0.39, 0.29) is 0 Å². The lowest BCUT2D eigenvalue weighted by Gasteiger charge is -2.10. The van der Waals surface area contributed by atoms with Crippen molar-refractivity contribution in [2.24, 2.45) is 0 Å². The number of ether oxygens (including phenoxy) is 2. The van der Waals surface area contributed by atoms with Gasteiger partial charge in [0.05, 0.1) is 9.75 Å². The second kappa shape index (κ2) is 6.41. The maximum atomic E-state index is 5.36. The first-order valence-corrected chi connectivity index (χ1v) is 7.65. The molecule has 0 bridgehead atoms. The van der Waals surface area contributed by atoms with Crippen molar-refractivity contribution in [2.75, 3.05) is 52.6 Å². The molecule has 102 valence electrons. The van der Waals surface area contributed by atoms with Crippen molar-refractivity contribution in [3.05, 3.63) is 21.9 Å². The van der Waals surface area contributed by atoms with Crippen LogP contribution in [0.3, 0.4) is 0 Å². The Hall–Kier alpha value is -1.04. The molecule has 3 rings (SSSR count). The molecule has 0 N–H and O–H groups in total. The normalized spacial score (nSPS) is 20.4. The number of hydrogen-bond donors (Lipinski definition) is 0. The molecule has 0 atom stereocenters. The quantitative estimate of drug-likeness (QED) is 0.744. The fourth-order valence-corrected chi connectivity index (χ4v) is 3.23. The highest BCUT2D eigenvalue weighted by molar-refractivity contribution is 7.15. The summed E-state index contributed by atoms with van der Waals surface area (Å²) in [6, 6.07) is 4.40. The maximum absolute atomic E-state index is 5.36. The zero-order valence-electron chi connectivity index (χ0n) is 11.1. The molecule has 0 amide bonds. The Morgan fingerprint density at radius 3 is 1.63 bits per heavy atom. The highest BCUT2D eigenvalue weighted by atomic mass is 32.1. The van der Waals surface area contributed by atoms with Gasteiger partial charge in [0.25, 0.3) is 0 Å². The van der Waals surface area contributed by atoms with E-state index in [9.17, 15) is 0 Å². The first kappa shape index (κ1) is 13.0. The van der Waals surface area contributed by atoms with Crippen LogP contribution in [0, 0.1) is 0 Å². The van der Waals surface area contributed by atoms with E-state index in [2.05, 4.69) is 33.7 Å². The highest BCUT2D eigenvalue weighted by Crippen LogP contribution is 2.13. The predicted octanol–water partition coefficient (Wildman–Crippen LogP) is 0.671. The summed E-state index contributed by atoms with van der Waals surface area (Å²) in [6.45, 7) is 7.37. The van der Waals surface area contributed by atoms with Crippen LogP contribution in [0.2, 0.25) is 0 Å². The fraction of sp³-hybridized carbons (Fsp3) is 0.571. The first-order valence-electron chi connectivity index (χ1n) is 6.83. The SMILES string of the molecule is C(c1ccc(C=[N+]2CCOCC2)s1)=[N+]1CCOCC1. The number of hydrogen-bond acceptors (Lipinski definition) is 3. The van der Waals surface area contributed by atoms with Gasteiger partial charge in [-0.2, -0.15) is 0 Å². The largest absolute Gasteiger partial charge is 0.368 e. The van der Waals surface area contributed by atoms with Gasteiger partial charge in [0.15, 0.2) is 38.6 Å². The Morgan fingerprint density at radius 1 is 0.789 bits per heavy atom. The topological polar surface area (TPSA) is 24.5 Å². The van der Waals surface area contributed by atoms with Gasteiger partial charge in [-0.15, -0.1) is 11.3 Å². The third-order valence-electron chi connectivity index (χ3n) is 3.36. The van der Waals surface area contributed by atoms with Gasteiger partial charge >= 0.3 is 0 Å². The standard InChI is InChI=1S/C14H20N2O2S/c1-2-14(12-16-5-9-18-10-6-16)19-13(1)11-15-3-7-17-8-4-15/h1-2,11-12H,3-10H2/q+2. The lowest BCUT2D eigenvalue weighted by atomic mass is 10.4. The third kappa shape index (κ3) is 3.72. The van der Waals surface area contributed by atoms with Crippen LogP contribution in [0.5, 0.6) is 0 Å². The van der Waals surface area contributed by atoms with Crippen LogP contribution in [0.1, 0.15) is 9.75 Å². The van der Waals surface area contributed by atoms with E-state index in [4.69, 9.17) is 9.47 Å². The Bertz CT molecular complexity index is 435. The molecular weight excluding hydrogens is 260 g/mol. The minimum atomic E-state index is 0.842. The summed E-state index contributed by atoms with van der Waals surface area (Å²) >= 11 is 1.84. The van der Waals surface area contributed by atoms with Crippen LogP contribution < -0.4 is 0 Å². The fourth-order valence-electron chi connectivity index (χ4n) is 2.28. The van der Waals surface area contributed by atoms with Gasteiger partial charge < -0.3 is 9.47 Å². The summed E-state index contributed by atoms with van der Waals surface area (Å²) in [5.74, 6) is 0. The van der Waals surface area contributed by atoms with Gasteiger partial charge in [-0.05, 0) is 12.1 Å². The number of nitrogens with zero attached hydrogens (tertiary/aromatic N) is 2. The van der Waals surface area contributed by atoms with Crippen molar-refractivity contribution < 1.29 is 18.6 Å². The molecule has 2 fully saturated rings. The van der Waals surface area contributed by atoms with E-state index < -0.39 is 0 Å². The molecule has 0 aliphatic carbocycles. The summed E-state index contributed by atoms with van der Waals surface area (Å²) < 4.78 is 15.4. The second-order valence-corrected chi connectivity index (χ2v) is 5.94. The maximum Gasteiger partial charge on any atom is 0.180 e. The Balaban J connectivity index is 1.68. The molecule has 3 heterocycles. The van der Waals surface area contributed by atoms with Gasteiger partial charge in [-0.25, -0.2) is 9.15 Å². The second-order valence-electron chi connectivity index (χ2n) is 4.80. The van der Waals surface area contributed by atoms with Gasteiger partial charge in [0.1, 0.15) is 26.4 Å². The minimum absolute atomic E-state index is 0.842. The molecule has 1 aromatic rings. The molecule has 1 aromatic heterocycles. The molecule has 19 heavy (non-hydrogen) atoms. The van der Waals surface area contributed by atoms with E-state index in [0.29, 0.717) is 0 Å². The molecule has 2 aliphatic heterocycles. The molecule has 2 aliphatic rings. The summed E-state index contributed by atoms with van der Waals surface area (Å²) in [5, 5.41) is 0. The summed E-state index contributed by atoms with van der Waals surface area (Å²) in [6.07, 6.45) is 4.51. The van der Waals surface area contributed by atoms with Crippen molar-refractivity contribution in [3.63, 3.8) is 0 Å². The molecule has 2 saturated heterocycles. The smallest absolute Gasteiger partial charge is 0.180 e. The predicted molar refractivity (Wildman–Crippen MR) is 76.3 cm³/mol. The van der Waals surface area contributed by atoms with E-state index in [1.165, 1.54) is 9.75 Å². The van der Waals surface area contributed by atoms with Gasteiger partial charge in [0, 0.05) is 0 Å². The van der Waals surface area contributed by atoms with Crippen LogP contribution in [-0.2, 0) is 9.47 Å². The van der Waals surface area contributed by atoms with Crippen molar-refractivity contribution in [1.82, 2.24) is 0 Å². The Kier molecular flexibility index (Phi) is 4.37. The average Bonchev–Trinajstić information content (AvgIpc) is 2.88. The molecular formula is C14H20N2O2S+2. The van der Waals surface area contributed by atoms with Crippen LogP contribution in [-0.4, -0.2) is 74.2 Å². The van der Waals surface area contributed by atoms with E-state index in [1.54, 1.807) is 0 Å². The van der Waals surface area contributed by atoms with Crippen LogP contribution in [0.25, 0.3) is 0 Å². The lowest BCUT2D eigenvalue weighted by Crippen LogP contribution is -2.29. The molecule has 5 heteroatoms. The monoisotopic (exact) mass is 280 g/mol. The zero-order chi connectivity index (χ0) is 12.9. The summed E-state index contributed by atoms with van der Waals surface area (Å²) in [5.41, 5.74) is 0. The molecule has 4 nitrogen and oxygen atoms in total. The molecule has 0 radical (unpaired) electrons. The van der Waals surface area contributed by atoms with E-state index >= 15 is 0 Å². The number of thiophene rings is 1. The lowest BCUT2D eigenvalue weighted by molar-refractivity contribution is -0.544. The van der Waals surface area contributed by atoms with Crippen LogP contribution >= 0.6 is 11.3 Å². The molecule has 0 aromatic carbocycles. The van der Waals surface area contributed by atoms with E-state index in [0.717, 1.165) is 52.6 Å². The van der Waals surface area contributed by atoms with Gasteiger partial charge in [0.2, 0.25) is 0 Å². The van der Waals surface area contributed by atoms with Crippen molar-refractivity contribution in [2.45, 2.75) is 0 Å². The van der Waals surface area contributed by atoms with Gasteiger partial charge in [-0.1, -0.05) is 0 Å². The van der Waals surface area contributed by atoms with Crippen molar-refractivity contribution in [3.8, 4) is 0 Å². The summed E-state index contributed by atoms with van der Waals surface area (Å²) in [4.78, 5) is 2.64. The Morgan fingerprint density at radius 2 is 1.21 bits per heavy atom. The van der Waals surface area contributed by atoms with Crippen molar-refractivity contribution in [1.29, 1.82) is 0 Å². The zero-order valence-corrected chi connectivity index (χ0v) is 11.9. The molecule has 0 saturated carbocycles. The average molecular weight is 280 g/mol. The number of rotatable bonds is 2. The van der Waals surface area contributed by atoms with Crippen LogP contribution in [0.15, 0.2) is 12.1 Å². The van der Waals surface area contributed by atoms with Crippen molar-refractivity contribution >= 4 is 23.8 Å². The minimum Gasteiger partial charge on any atom is -0.368 e. The van der Waals surface area contributed by atoms with Crippen LogP contribution in [0.4, 0.5) is 0 Å². The van der Waals surface area contributed by atoms with Gasteiger partial charge in [-0.3, -0.25) is 0 Å². The molecule has 0 unspecified atom stereocenters. The summed E-state index contributed by atoms with van der Waals surface area (Å²) in [7, 11) is 0. The van der Waals surface area contributed by atoms with E-state index in [1.807, 2.05) is 11.3 Å². The molecule has 0 spiro atoms.